The summed E-state index contributed by atoms with van der Waals surface area (Å²) in [4.78, 5) is 32.3. The topological polar surface area (TPSA) is 293 Å². The van der Waals surface area contributed by atoms with Gasteiger partial charge in [0.05, 0.1) is 19.6 Å². The number of halogens is 3. The Morgan fingerprint density at radius 1 is 0.522 bits per heavy atom. The lowest BCUT2D eigenvalue weighted by Gasteiger charge is -2.35. The molecular formula is C74H151F3O28S3Si7. The molecule has 115 heavy (non-hydrogen) atoms. The number of carbonyl (C=O) groups excluding carboxylic acids is 3. The summed E-state index contributed by atoms with van der Waals surface area (Å²) in [6.07, 6.45) is 7.94. The molecule has 1 N–H and O–H groups in total. The summed E-state index contributed by atoms with van der Waals surface area (Å²) in [6.45, 7) is 43.3. The van der Waals surface area contributed by atoms with Crippen LogP contribution in [0.15, 0.2) is 36.4 Å². The van der Waals surface area contributed by atoms with Crippen molar-refractivity contribution in [1.82, 2.24) is 0 Å². The molecule has 0 aromatic heterocycles. The Balaban J connectivity index is -0.000000627. The molecule has 3 unspecified atom stereocenters. The van der Waals surface area contributed by atoms with Gasteiger partial charge in [0.1, 0.15) is 3.53 Å². The first-order chi connectivity index (χ1) is 54.6. The summed E-state index contributed by atoms with van der Waals surface area (Å²) in [6, 6.07) is 10.7. The number of allylic oxidation sites excluding steroid dienone is 2. The highest BCUT2D eigenvalue weighted by molar-refractivity contribution is 8.47. The lowest BCUT2D eigenvalue weighted by molar-refractivity contribution is -0.255. The number of carbonyl (C=O) groups is 3. The van der Waals surface area contributed by atoms with Gasteiger partial charge in [-0.1, -0.05) is 54.2 Å². The highest BCUT2D eigenvalue weighted by atomic mass is 32.2. The number of thiocarbonyl (C=S) groups is 1. The standard InChI is InChI=1S/C13H22O3Si.C12H25F3O4Si.C12H24O5Si.C12H24O3Si.C9H20O5Si.C8H18O5Si.C8H18O3S3Si/c1-5-14-17(15-6-2,16-7-3)13-10-8-12(4)9-11-13;1-5-17-20(18-6-2,19-7-3)10-8-9-11(4,16)12(13,14)15;1-4-15-18(16-5-2,17-6-3)8-7-11-9-12(13)14-10-11;1-4-13-16(14-5-2,15-6-3)12-10-8-7-9-11-12;1-5-12-15(13-6-2,14-7-3)8-11-9(4)10;1-8(9)13-6-5-7-14(10-2,11-3)12-4;1-9-15(10-2,11-3)7-5-6-14-8(12)13-4/h8-11H,5-7H2,1-4H3;16H,5-10H2,1-4H3;11H,4-10H2,1-3H3;7-8,12H,4-6,9-11H2,1-3H3;5-8H2,1-4H3;5-7H2,1-4H3;5-7H2,1-4H3. The third-order valence-electron chi connectivity index (χ3n) is 16.3. The summed E-state index contributed by atoms with van der Waals surface area (Å²) in [5, 5.41) is 10.4. The number of aryl methyl sites for hydroxylation is 1. The van der Waals surface area contributed by atoms with Crippen molar-refractivity contribution in [2.45, 2.75) is 231 Å². The minimum absolute atomic E-state index is 0.0812. The summed E-state index contributed by atoms with van der Waals surface area (Å²) in [5.74, 6) is 0.544. The number of alkyl halides is 3. The highest BCUT2D eigenvalue weighted by Gasteiger charge is 2.52. The minimum Gasteiger partial charge on any atom is -0.466 e. The van der Waals surface area contributed by atoms with Crippen molar-refractivity contribution in [3.63, 3.8) is 0 Å². The van der Waals surface area contributed by atoms with Gasteiger partial charge in [-0.05, 0) is 181 Å². The van der Waals surface area contributed by atoms with Crippen LogP contribution in [0.2, 0.25) is 29.7 Å². The molecule has 41 heteroatoms. The fourth-order valence-electron chi connectivity index (χ4n) is 11.0. The molecule has 682 valence electrons. The van der Waals surface area contributed by atoms with Gasteiger partial charge in [-0.25, -0.2) is 0 Å². The highest BCUT2D eigenvalue weighted by Crippen LogP contribution is 2.38. The van der Waals surface area contributed by atoms with Crippen LogP contribution in [-0.2, 0) is 122 Å². The van der Waals surface area contributed by atoms with Gasteiger partial charge in [0.2, 0.25) is 0 Å². The number of hydrogen-bond donors (Lipinski definition) is 1. The molecule has 0 bridgehead atoms. The van der Waals surface area contributed by atoms with E-state index in [1.165, 1.54) is 19.4 Å². The summed E-state index contributed by atoms with van der Waals surface area (Å²) < 4.78 is 170. The fraction of sp³-hybridized carbons (Fsp3) is 0.838. The number of rotatable bonds is 55. The van der Waals surface area contributed by atoms with Crippen molar-refractivity contribution < 1.29 is 140 Å². The van der Waals surface area contributed by atoms with Gasteiger partial charge < -0.3 is 112 Å². The number of esters is 3. The van der Waals surface area contributed by atoms with Gasteiger partial charge in [0.25, 0.3) is 0 Å². The zero-order valence-corrected chi connectivity index (χ0v) is 84.0. The minimum atomic E-state index is -4.64. The number of hydrogen-bond acceptors (Lipinski definition) is 31. The third-order valence-corrected chi connectivity index (χ3v) is 40.3. The van der Waals surface area contributed by atoms with E-state index >= 15 is 0 Å². The molecule has 1 fully saturated rings. The van der Waals surface area contributed by atoms with Crippen molar-refractivity contribution in [3.8, 4) is 0 Å². The van der Waals surface area contributed by atoms with Gasteiger partial charge in [0.15, 0.2) is 11.8 Å². The van der Waals surface area contributed by atoms with E-state index in [-0.39, 0.29) is 42.5 Å². The first kappa shape index (κ1) is 120. The molecule has 1 aromatic rings. The summed E-state index contributed by atoms with van der Waals surface area (Å²) >= 11 is 8.40. The first-order valence-corrected chi connectivity index (χ1v) is 55.9. The number of ether oxygens (including phenoxy) is 3. The zero-order chi connectivity index (χ0) is 88.4. The van der Waals surface area contributed by atoms with Crippen LogP contribution in [0.25, 0.3) is 0 Å². The van der Waals surface area contributed by atoms with Gasteiger partial charge >= 0.3 is 85.7 Å². The Labute approximate surface area is 711 Å². The maximum absolute atomic E-state index is 12.6. The molecule has 2 aliphatic rings. The van der Waals surface area contributed by atoms with E-state index in [1.54, 1.807) is 87.0 Å². The molecule has 1 saturated heterocycles. The van der Waals surface area contributed by atoms with Crippen LogP contribution in [-0.4, -0.2) is 273 Å². The van der Waals surface area contributed by atoms with Crippen LogP contribution in [0, 0.1) is 12.8 Å². The SMILES string of the molecule is CCO[Si](CCC1COC(=O)C1)(OCC)OCC.CCO[Si](CCCC(C)(O)C(F)(F)F)(OCC)OCC.CCO[Si](COC(C)=O)(OCC)OCC.CCO[Si](OCC)(OCC)C1CC=CCC1.CCO[Si](OCC)(OCC)c1ccc(C)cc1.CO[Si](CCCOC(C)=O)(OC)OC.CO[Si](CCCSC(=S)SC)(OC)OC. The van der Waals surface area contributed by atoms with Crippen molar-refractivity contribution >= 4 is 124 Å². The number of thioether (sulfide) groups is 2. The molecule has 0 spiro atoms. The fourth-order valence-corrected chi connectivity index (χ4v) is 29.3. The van der Waals surface area contributed by atoms with Crippen LogP contribution in [0.1, 0.15) is 188 Å². The Bertz CT molecular complexity index is 2470. The number of cyclic esters (lactones) is 1. The van der Waals surface area contributed by atoms with Crippen molar-refractivity contribution in [2.75, 3.05) is 173 Å². The predicted octanol–water partition coefficient (Wildman–Crippen LogP) is 15.1. The molecule has 1 aliphatic carbocycles. The van der Waals surface area contributed by atoms with Gasteiger partial charge in [-0.3, -0.25) is 14.4 Å². The maximum Gasteiger partial charge on any atom is 0.540 e. The largest absolute Gasteiger partial charge is 0.540 e. The second-order valence-electron chi connectivity index (χ2n) is 24.7. The molecule has 0 amide bonds. The van der Waals surface area contributed by atoms with Gasteiger partial charge in [0, 0.05) is 196 Å². The molecule has 28 nitrogen and oxygen atoms in total. The van der Waals surface area contributed by atoms with Crippen LogP contribution < -0.4 is 5.19 Å². The molecule has 1 aliphatic heterocycles. The average molecular weight is 1840 g/mol. The van der Waals surface area contributed by atoms with E-state index in [0.29, 0.717) is 137 Å². The molecule has 0 radical (unpaired) electrons. The monoisotopic (exact) mass is 1840 g/mol. The van der Waals surface area contributed by atoms with Crippen molar-refractivity contribution in [1.29, 1.82) is 0 Å². The molecule has 0 saturated carbocycles. The molecule has 3 rings (SSSR count). The molecule has 1 heterocycles. The Morgan fingerprint density at radius 2 is 0.896 bits per heavy atom. The van der Waals surface area contributed by atoms with Gasteiger partial charge in [-0.15, -0.1) is 23.5 Å². The summed E-state index contributed by atoms with van der Waals surface area (Å²) in [5.41, 5.74) is -1.03. The second kappa shape index (κ2) is 70.9. The smallest absolute Gasteiger partial charge is 0.466 e. The van der Waals surface area contributed by atoms with E-state index in [4.69, 9.17) is 119 Å². The summed E-state index contributed by atoms with van der Waals surface area (Å²) in [7, 11) is -8.68. The lowest BCUT2D eigenvalue weighted by atomic mass is 10.0. The Hall–Kier alpha value is -1.41. The van der Waals surface area contributed by atoms with E-state index in [0.717, 1.165) is 65.6 Å². The van der Waals surface area contributed by atoms with E-state index in [2.05, 4.69) is 31.2 Å². The van der Waals surface area contributed by atoms with Crippen LogP contribution in [0.3, 0.4) is 0 Å². The maximum atomic E-state index is 12.6. The van der Waals surface area contributed by atoms with Crippen LogP contribution in [0.4, 0.5) is 13.2 Å². The average Bonchev–Trinajstić information content (AvgIpc) is 1.18. The normalized spacial score (nSPS) is 15.1. The van der Waals surface area contributed by atoms with E-state index in [9.17, 15) is 32.7 Å². The molecule has 1 aromatic carbocycles. The quantitative estimate of drug-likeness (QED) is 0.0158. The number of benzene rings is 1. The van der Waals surface area contributed by atoms with Crippen molar-refractivity contribution in [2.24, 2.45) is 5.92 Å². The third kappa shape index (κ3) is 52.1. The number of aliphatic hydroxyl groups is 1. The van der Waals surface area contributed by atoms with Crippen LogP contribution in [0.5, 0.6) is 0 Å². The predicted molar refractivity (Wildman–Crippen MR) is 464 cm³/mol. The first-order valence-electron chi connectivity index (χ1n) is 40.1. The molecular weight excluding hydrogens is 1690 g/mol. The lowest BCUT2D eigenvalue weighted by Crippen LogP contribution is -2.56. The van der Waals surface area contributed by atoms with Gasteiger partial charge in [-0.2, -0.15) is 13.2 Å². The zero-order valence-electron chi connectivity index (χ0n) is 74.6. The second-order valence-corrected chi connectivity index (χ2v) is 47.4. The Morgan fingerprint density at radius 3 is 1.23 bits per heavy atom. The van der Waals surface area contributed by atoms with E-state index < -0.39 is 79.8 Å². The van der Waals surface area contributed by atoms with Crippen LogP contribution >= 0.6 is 35.7 Å². The Kier molecular flexibility index (Phi) is 73.9. The van der Waals surface area contributed by atoms with Crippen molar-refractivity contribution in [3.05, 3.63) is 42.0 Å². The molecule has 3 atom stereocenters. The van der Waals surface area contributed by atoms with E-state index in [1.807, 2.05) is 101 Å².